The van der Waals surface area contributed by atoms with Crippen molar-refractivity contribution in [1.82, 2.24) is 20.4 Å². The van der Waals surface area contributed by atoms with Gasteiger partial charge in [0.1, 0.15) is 12.1 Å². The third-order valence-electron chi connectivity index (χ3n) is 4.47. The molecule has 1 aliphatic heterocycles. The minimum atomic E-state index is -1.03. The van der Waals surface area contributed by atoms with Gasteiger partial charge in [-0.3, -0.25) is 9.69 Å². The summed E-state index contributed by atoms with van der Waals surface area (Å²) in [6, 6.07) is 8.95. The Labute approximate surface area is 146 Å². The van der Waals surface area contributed by atoms with Crippen LogP contribution in [0.15, 0.2) is 34.9 Å². The second-order valence-electron chi connectivity index (χ2n) is 6.15. The van der Waals surface area contributed by atoms with Crippen LogP contribution in [-0.2, 0) is 23.3 Å². The lowest BCUT2D eigenvalue weighted by atomic mass is 9.85. The molecule has 7 heteroatoms. The van der Waals surface area contributed by atoms with Crippen LogP contribution < -0.4 is 5.32 Å². The molecule has 1 unspecified atom stereocenters. The van der Waals surface area contributed by atoms with Crippen LogP contribution in [0.2, 0.25) is 0 Å². The van der Waals surface area contributed by atoms with Crippen LogP contribution >= 0.6 is 0 Å². The maximum atomic E-state index is 13.2. The summed E-state index contributed by atoms with van der Waals surface area (Å²) in [5.74, 6) is 0.551. The molecule has 1 saturated heterocycles. The molecule has 1 atom stereocenters. The van der Waals surface area contributed by atoms with Gasteiger partial charge in [0.05, 0.1) is 0 Å². The van der Waals surface area contributed by atoms with Crippen molar-refractivity contribution in [1.29, 1.82) is 0 Å². The molecule has 132 valence electrons. The lowest BCUT2D eigenvalue weighted by molar-refractivity contribution is -0.132. The van der Waals surface area contributed by atoms with E-state index in [2.05, 4.69) is 22.4 Å². The van der Waals surface area contributed by atoms with E-state index in [0.29, 0.717) is 18.7 Å². The summed E-state index contributed by atoms with van der Waals surface area (Å²) in [6.45, 7) is 3.95. The number of urea groups is 1. The van der Waals surface area contributed by atoms with Crippen molar-refractivity contribution >= 4 is 11.9 Å². The van der Waals surface area contributed by atoms with E-state index >= 15 is 0 Å². The molecule has 1 aromatic heterocycles. The zero-order valence-electron chi connectivity index (χ0n) is 14.5. The van der Waals surface area contributed by atoms with Crippen LogP contribution in [0.1, 0.15) is 50.4 Å². The van der Waals surface area contributed by atoms with Gasteiger partial charge in [-0.15, -0.1) is 0 Å². The number of unbranched alkanes of at least 4 members (excludes halogenated alkanes) is 1. The standard InChI is InChI=1S/C18H22N4O3/c1-3-5-11-18(13-9-7-6-8-10-13)16(23)22(17(24)20-18)12-15-19-14(4-2)21-25-15/h6-10H,3-5,11-12H2,1-2H3,(H,20,24). The fraction of sp³-hybridized carbons (Fsp3) is 0.444. The topological polar surface area (TPSA) is 88.3 Å². The minimum absolute atomic E-state index is 0.0155. The van der Waals surface area contributed by atoms with Crippen molar-refractivity contribution in [3.8, 4) is 0 Å². The average molecular weight is 342 g/mol. The predicted octanol–water partition coefficient (Wildman–Crippen LogP) is 2.77. The number of aryl methyl sites for hydroxylation is 1. The van der Waals surface area contributed by atoms with Crippen molar-refractivity contribution in [2.24, 2.45) is 0 Å². The molecule has 1 aliphatic rings. The largest absolute Gasteiger partial charge is 0.337 e. The lowest BCUT2D eigenvalue weighted by Crippen LogP contribution is -2.44. The molecule has 7 nitrogen and oxygen atoms in total. The quantitative estimate of drug-likeness (QED) is 0.782. The van der Waals surface area contributed by atoms with Gasteiger partial charge >= 0.3 is 6.03 Å². The number of aromatic nitrogens is 2. The second-order valence-corrected chi connectivity index (χ2v) is 6.15. The van der Waals surface area contributed by atoms with E-state index in [4.69, 9.17) is 4.52 Å². The first-order valence-electron chi connectivity index (χ1n) is 8.61. The molecule has 3 rings (SSSR count). The molecule has 2 aromatic rings. The maximum Gasteiger partial charge on any atom is 0.325 e. The first-order valence-corrected chi connectivity index (χ1v) is 8.61. The normalized spacial score (nSPS) is 20.2. The average Bonchev–Trinajstić information content (AvgIpc) is 3.19. The van der Waals surface area contributed by atoms with E-state index in [-0.39, 0.29) is 18.3 Å². The third kappa shape index (κ3) is 3.14. The molecule has 25 heavy (non-hydrogen) atoms. The zero-order chi connectivity index (χ0) is 17.9. The maximum absolute atomic E-state index is 13.2. The Morgan fingerprint density at radius 3 is 2.60 bits per heavy atom. The first-order chi connectivity index (χ1) is 12.1. The first kappa shape index (κ1) is 17.1. The van der Waals surface area contributed by atoms with E-state index in [0.717, 1.165) is 23.3 Å². The number of hydrogen-bond donors (Lipinski definition) is 1. The Morgan fingerprint density at radius 2 is 1.96 bits per heavy atom. The lowest BCUT2D eigenvalue weighted by Gasteiger charge is -2.27. The van der Waals surface area contributed by atoms with Gasteiger partial charge in [-0.25, -0.2) is 4.79 Å². The van der Waals surface area contributed by atoms with Crippen molar-refractivity contribution in [3.05, 3.63) is 47.6 Å². The van der Waals surface area contributed by atoms with Crippen molar-refractivity contribution in [2.75, 3.05) is 0 Å². The van der Waals surface area contributed by atoms with Gasteiger partial charge in [-0.05, 0) is 12.0 Å². The molecule has 0 saturated carbocycles. The van der Waals surface area contributed by atoms with Crippen LogP contribution in [-0.4, -0.2) is 27.0 Å². The Morgan fingerprint density at radius 1 is 1.20 bits per heavy atom. The van der Waals surface area contributed by atoms with Gasteiger partial charge in [-0.1, -0.05) is 62.2 Å². The van der Waals surface area contributed by atoms with Crippen LogP contribution in [0, 0.1) is 0 Å². The highest BCUT2D eigenvalue weighted by atomic mass is 16.5. The number of imide groups is 1. The number of rotatable bonds is 7. The molecule has 1 fully saturated rings. The van der Waals surface area contributed by atoms with Crippen molar-refractivity contribution < 1.29 is 14.1 Å². The van der Waals surface area contributed by atoms with Gasteiger partial charge in [0.2, 0.25) is 5.89 Å². The molecule has 0 aliphatic carbocycles. The third-order valence-corrected chi connectivity index (χ3v) is 4.47. The van der Waals surface area contributed by atoms with Crippen LogP contribution in [0.5, 0.6) is 0 Å². The number of hydrogen-bond acceptors (Lipinski definition) is 5. The summed E-state index contributed by atoms with van der Waals surface area (Å²) in [7, 11) is 0. The summed E-state index contributed by atoms with van der Waals surface area (Å²) >= 11 is 0. The summed E-state index contributed by atoms with van der Waals surface area (Å²) in [5.41, 5.74) is -0.230. The Balaban J connectivity index is 1.90. The number of carbonyl (C=O) groups is 2. The molecular weight excluding hydrogens is 320 g/mol. The number of amides is 3. The Hall–Kier alpha value is -2.70. The van der Waals surface area contributed by atoms with E-state index in [1.807, 2.05) is 37.3 Å². The van der Waals surface area contributed by atoms with Crippen LogP contribution in [0.3, 0.4) is 0 Å². The summed E-state index contributed by atoms with van der Waals surface area (Å²) in [6.07, 6.45) is 2.95. The molecule has 0 spiro atoms. The smallest absolute Gasteiger partial charge is 0.325 e. The molecule has 0 radical (unpaired) electrons. The number of nitrogens with zero attached hydrogens (tertiary/aromatic N) is 3. The number of benzene rings is 1. The molecular formula is C18H22N4O3. The molecule has 2 heterocycles. The summed E-state index contributed by atoms with van der Waals surface area (Å²) in [5, 5.41) is 6.72. The fourth-order valence-electron chi connectivity index (χ4n) is 3.08. The van der Waals surface area contributed by atoms with E-state index in [1.165, 1.54) is 0 Å². The molecule has 0 bridgehead atoms. The minimum Gasteiger partial charge on any atom is -0.337 e. The fourth-order valence-corrected chi connectivity index (χ4v) is 3.08. The summed E-state index contributed by atoms with van der Waals surface area (Å²) in [4.78, 5) is 31.1. The van der Waals surface area contributed by atoms with Gasteiger partial charge in [0.25, 0.3) is 5.91 Å². The van der Waals surface area contributed by atoms with Crippen molar-refractivity contribution in [2.45, 2.75) is 51.6 Å². The molecule has 1 N–H and O–H groups in total. The number of carbonyl (C=O) groups excluding carboxylic acids is 2. The SMILES string of the molecule is CCCCC1(c2ccccc2)NC(=O)N(Cc2nc(CC)no2)C1=O. The van der Waals surface area contributed by atoms with Gasteiger partial charge in [0.15, 0.2) is 5.82 Å². The zero-order valence-corrected chi connectivity index (χ0v) is 14.5. The van der Waals surface area contributed by atoms with Crippen molar-refractivity contribution in [3.63, 3.8) is 0 Å². The highest BCUT2D eigenvalue weighted by Crippen LogP contribution is 2.34. The molecule has 3 amide bonds. The van der Waals surface area contributed by atoms with Gasteiger partial charge in [-0.2, -0.15) is 4.98 Å². The highest BCUT2D eigenvalue weighted by Gasteiger charge is 2.52. The predicted molar refractivity (Wildman–Crippen MR) is 90.4 cm³/mol. The Kier molecular flexibility index (Phi) is 4.83. The monoisotopic (exact) mass is 342 g/mol. The van der Waals surface area contributed by atoms with Gasteiger partial charge < -0.3 is 9.84 Å². The molecule has 1 aromatic carbocycles. The van der Waals surface area contributed by atoms with Crippen LogP contribution in [0.25, 0.3) is 0 Å². The van der Waals surface area contributed by atoms with E-state index in [1.54, 1.807) is 0 Å². The Bertz CT molecular complexity index is 759. The highest BCUT2D eigenvalue weighted by molar-refractivity contribution is 6.07. The van der Waals surface area contributed by atoms with E-state index in [9.17, 15) is 9.59 Å². The van der Waals surface area contributed by atoms with E-state index < -0.39 is 11.6 Å². The van der Waals surface area contributed by atoms with Crippen LogP contribution in [0.4, 0.5) is 4.79 Å². The van der Waals surface area contributed by atoms with Gasteiger partial charge in [0, 0.05) is 6.42 Å². The number of nitrogens with one attached hydrogen (secondary N) is 1. The second kappa shape index (κ2) is 7.04. The summed E-state index contributed by atoms with van der Waals surface area (Å²) < 4.78 is 5.13.